The molecule has 2 heteroatoms. The SMILES string of the molecule is C=CCOC(O)CCCCCCC. The molecule has 0 bridgehead atoms. The van der Waals surface area contributed by atoms with Crippen LogP contribution in [0.1, 0.15) is 45.4 Å². The standard InChI is InChI=1S/C11H22O2/c1-3-5-6-7-8-9-11(12)13-10-4-2/h4,11-12H,2-3,5-10H2,1H3. The number of rotatable bonds is 9. The maximum atomic E-state index is 9.27. The molecule has 0 aliphatic heterocycles. The summed E-state index contributed by atoms with van der Waals surface area (Å²) >= 11 is 0. The second-order valence-electron chi connectivity index (χ2n) is 3.28. The van der Waals surface area contributed by atoms with E-state index in [0.29, 0.717) is 6.61 Å². The highest BCUT2D eigenvalue weighted by molar-refractivity contribution is 4.64. The van der Waals surface area contributed by atoms with Gasteiger partial charge in [0.25, 0.3) is 0 Å². The van der Waals surface area contributed by atoms with Crippen LogP contribution in [0.25, 0.3) is 0 Å². The van der Waals surface area contributed by atoms with Crippen molar-refractivity contribution in [1.29, 1.82) is 0 Å². The summed E-state index contributed by atoms with van der Waals surface area (Å²) in [5.74, 6) is 0. The molecule has 0 radical (unpaired) electrons. The molecule has 0 heterocycles. The number of ether oxygens (including phenoxy) is 1. The maximum Gasteiger partial charge on any atom is 0.154 e. The molecule has 0 fully saturated rings. The minimum atomic E-state index is -0.598. The van der Waals surface area contributed by atoms with Crippen molar-refractivity contribution in [2.45, 2.75) is 51.7 Å². The molecule has 1 atom stereocenters. The predicted molar refractivity (Wildman–Crippen MR) is 55.5 cm³/mol. The van der Waals surface area contributed by atoms with Crippen LogP contribution in [0, 0.1) is 0 Å². The Morgan fingerprint density at radius 3 is 2.62 bits per heavy atom. The lowest BCUT2D eigenvalue weighted by Gasteiger charge is -2.09. The lowest BCUT2D eigenvalue weighted by atomic mass is 10.1. The van der Waals surface area contributed by atoms with Crippen molar-refractivity contribution in [1.82, 2.24) is 0 Å². The van der Waals surface area contributed by atoms with E-state index in [-0.39, 0.29) is 0 Å². The van der Waals surface area contributed by atoms with Crippen LogP contribution in [0.5, 0.6) is 0 Å². The predicted octanol–water partition coefficient (Wildman–Crippen LogP) is 2.87. The van der Waals surface area contributed by atoms with E-state index in [1.54, 1.807) is 6.08 Å². The van der Waals surface area contributed by atoms with E-state index in [1.165, 1.54) is 25.7 Å². The summed E-state index contributed by atoms with van der Waals surface area (Å²) in [5.41, 5.74) is 0. The molecule has 0 amide bonds. The fourth-order valence-corrected chi connectivity index (χ4v) is 1.18. The highest BCUT2D eigenvalue weighted by Gasteiger charge is 2.01. The minimum absolute atomic E-state index is 0.441. The molecule has 1 N–H and O–H groups in total. The van der Waals surface area contributed by atoms with Gasteiger partial charge in [-0.3, -0.25) is 0 Å². The van der Waals surface area contributed by atoms with Crippen molar-refractivity contribution in [3.8, 4) is 0 Å². The Balaban J connectivity index is 3.07. The first kappa shape index (κ1) is 12.7. The van der Waals surface area contributed by atoms with Gasteiger partial charge in [-0.2, -0.15) is 0 Å². The van der Waals surface area contributed by atoms with Crippen molar-refractivity contribution >= 4 is 0 Å². The summed E-state index contributed by atoms with van der Waals surface area (Å²) in [4.78, 5) is 0. The summed E-state index contributed by atoms with van der Waals surface area (Å²) < 4.78 is 5.04. The second kappa shape index (κ2) is 9.75. The molecule has 0 saturated heterocycles. The van der Waals surface area contributed by atoms with E-state index in [0.717, 1.165) is 12.8 Å². The Labute approximate surface area is 81.6 Å². The Morgan fingerprint density at radius 1 is 1.31 bits per heavy atom. The number of hydrogen-bond acceptors (Lipinski definition) is 2. The van der Waals surface area contributed by atoms with Crippen LogP contribution < -0.4 is 0 Å². The molecule has 0 saturated carbocycles. The van der Waals surface area contributed by atoms with Gasteiger partial charge >= 0.3 is 0 Å². The first-order valence-electron chi connectivity index (χ1n) is 5.21. The lowest BCUT2D eigenvalue weighted by Crippen LogP contribution is -2.11. The first-order chi connectivity index (χ1) is 6.31. The van der Waals surface area contributed by atoms with Crippen LogP contribution in [0.15, 0.2) is 12.7 Å². The van der Waals surface area contributed by atoms with Crippen LogP contribution in [-0.4, -0.2) is 18.0 Å². The zero-order valence-electron chi connectivity index (χ0n) is 8.67. The van der Waals surface area contributed by atoms with Crippen LogP contribution in [0.4, 0.5) is 0 Å². The summed E-state index contributed by atoms with van der Waals surface area (Å²) in [7, 11) is 0. The Morgan fingerprint density at radius 2 is 2.00 bits per heavy atom. The monoisotopic (exact) mass is 186 g/mol. The minimum Gasteiger partial charge on any atom is -0.368 e. The van der Waals surface area contributed by atoms with E-state index in [1.807, 2.05) is 0 Å². The zero-order valence-corrected chi connectivity index (χ0v) is 8.67. The molecule has 1 unspecified atom stereocenters. The van der Waals surface area contributed by atoms with Crippen LogP contribution >= 0.6 is 0 Å². The number of aliphatic hydroxyl groups excluding tert-OH is 1. The van der Waals surface area contributed by atoms with Gasteiger partial charge in [0.2, 0.25) is 0 Å². The molecule has 78 valence electrons. The third kappa shape index (κ3) is 9.57. The van der Waals surface area contributed by atoms with E-state index >= 15 is 0 Å². The Hall–Kier alpha value is -0.340. The Kier molecular flexibility index (Phi) is 9.49. The molecule has 0 rings (SSSR count). The topological polar surface area (TPSA) is 29.5 Å². The van der Waals surface area contributed by atoms with E-state index in [9.17, 15) is 5.11 Å². The van der Waals surface area contributed by atoms with Crippen LogP contribution in [0.2, 0.25) is 0 Å². The molecule has 0 spiro atoms. The van der Waals surface area contributed by atoms with Gasteiger partial charge in [0.1, 0.15) is 0 Å². The summed E-state index contributed by atoms with van der Waals surface area (Å²) in [5, 5.41) is 9.27. The molecule has 13 heavy (non-hydrogen) atoms. The summed E-state index contributed by atoms with van der Waals surface area (Å²) in [6.07, 6.45) is 7.88. The maximum absolute atomic E-state index is 9.27. The quantitative estimate of drug-likeness (QED) is 0.341. The van der Waals surface area contributed by atoms with Gasteiger partial charge in [-0.15, -0.1) is 6.58 Å². The van der Waals surface area contributed by atoms with Crippen LogP contribution in [0.3, 0.4) is 0 Å². The second-order valence-corrected chi connectivity index (χ2v) is 3.28. The fourth-order valence-electron chi connectivity index (χ4n) is 1.18. The molecular weight excluding hydrogens is 164 g/mol. The van der Waals surface area contributed by atoms with Gasteiger partial charge in [0, 0.05) is 0 Å². The van der Waals surface area contributed by atoms with Gasteiger partial charge in [-0.1, -0.05) is 38.7 Å². The van der Waals surface area contributed by atoms with Gasteiger partial charge in [0.05, 0.1) is 6.61 Å². The van der Waals surface area contributed by atoms with Crippen molar-refractivity contribution in [3.05, 3.63) is 12.7 Å². The van der Waals surface area contributed by atoms with Crippen molar-refractivity contribution in [3.63, 3.8) is 0 Å². The van der Waals surface area contributed by atoms with Crippen molar-refractivity contribution < 1.29 is 9.84 Å². The Bertz CT molecular complexity index is 113. The molecule has 2 nitrogen and oxygen atoms in total. The van der Waals surface area contributed by atoms with E-state index < -0.39 is 6.29 Å². The smallest absolute Gasteiger partial charge is 0.154 e. The largest absolute Gasteiger partial charge is 0.368 e. The highest BCUT2D eigenvalue weighted by Crippen LogP contribution is 2.07. The van der Waals surface area contributed by atoms with Crippen molar-refractivity contribution in [2.75, 3.05) is 6.61 Å². The summed E-state index contributed by atoms with van der Waals surface area (Å²) in [6, 6.07) is 0. The van der Waals surface area contributed by atoms with Gasteiger partial charge < -0.3 is 9.84 Å². The molecule has 0 aliphatic carbocycles. The van der Waals surface area contributed by atoms with Gasteiger partial charge in [-0.25, -0.2) is 0 Å². The molecule has 0 aromatic heterocycles. The summed E-state index contributed by atoms with van der Waals surface area (Å²) in [6.45, 7) is 6.15. The lowest BCUT2D eigenvalue weighted by molar-refractivity contribution is -0.0937. The number of unbranched alkanes of at least 4 members (excludes halogenated alkanes) is 4. The van der Waals surface area contributed by atoms with E-state index in [2.05, 4.69) is 13.5 Å². The average Bonchev–Trinajstić information content (AvgIpc) is 2.14. The molecule has 0 aliphatic rings. The third-order valence-corrected chi connectivity index (χ3v) is 1.96. The average molecular weight is 186 g/mol. The first-order valence-corrected chi connectivity index (χ1v) is 5.21. The van der Waals surface area contributed by atoms with Gasteiger partial charge in [-0.05, 0) is 12.8 Å². The van der Waals surface area contributed by atoms with Crippen LogP contribution in [-0.2, 0) is 4.74 Å². The molecule has 0 aromatic carbocycles. The molecule has 0 aromatic rings. The number of aliphatic hydroxyl groups is 1. The van der Waals surface area contributed by atoms with E-state index in [4.69, 9.17) is 4.74 Å². The van der Waals surface area contributed by atoms with Crippen molar-refractivity contribution in [2.24, 2.45) is 0 Å². The van der Waals surface area contributed by atoms with Gasteiger partial charge in [0.15, 0.2) is 6.29 Å². The normalized spacial score (nSPS) is 12.8. The number of hydrogen-bond donors (Lipinski definition) is 1. The highest BCUT2D eigenvalue weighted by atomic mass is 16.6. The molecular formula is C11H22O2. The fraction of sp³-hybridized carbons (Fsp3) is 0.818. The zero-order chi connectivity index (χ0) is 9.94. The third-order valence-electron chi connectivity index (χ3n) is 1.96.